The molecule has 0 fully saturated rings. The Kier molecular flexibility index (Phi) is 4.41. The zero-order valence-corrected chi connectivity index (χ0v) is 14.9. The molecule has 6 nitrogen and oxygen atoms in total. The zero-order valence-electron chi connectivity index (χ0n) is 14.9. The van der Waals surface area contributed by atoms with Gasteiger partial charge in [-0.2, -0.15) is 5.10 Å². The number of pyridine rings is 1. The first-order valence-electron chi connectivity index (χ1n) is 8.56. The summed E-state index contributed by atoms with van der Waals surface area (Å²) in [5, 5.41) is 7.60. The van der Waals surface area contributed by atoms with Gasteiger partial charge in [-0.25, -0.2) is 14.1 Å². The van der Waals surface area contributed by atoms with Crippen LogP contribution in [0.1, 0.15) is 16.2 Å². The Hall–Kier alpha value is -3.87. The van der Waals surface area contributed by atoms with Crippen LogP contribution in [0.25, 0.3) is 16.6 Å². The number of aromatic nitrogens is 3. The van der Waals surface area contributed by atoms with Crippen molar-refractivity contribution < 1.29 is 9.18 Å². The van der Waals surface area contributed by atoms with Crippen LogP contribution in [0.15, 0.2) is 71.5 Å². The van der Waals surface area contributed by atoms with E-state index in [-0.39, 0.29) is 11.4 Å². The molecule has 2 aromatic heterocycles. The van der Waals surface area contributed by atoms with E-state index in [1.165, 1.54) is 22.9 Å². The first kappa shape index (κ1) is 17.5. The molecule has 4 aromatic rings. The predicted octanol–water partition coefficient (Wildman–Crippen LogP) is 3.48. The van der Waals surface area contributed by atoms with E-state index < -0.39 is 17.2 Å². The lowest BCUT2D eigenvalue weighted by Crippen LogP contribution is -2.27. The second kappa shape index (κ2) is 7.03. The highest BCUT2D eigenvalue weighted by molar-refractivity contribution is 6.02. The molecule has 2 heterocycles. The lowest BCUT2D eigenvalue weighted by atomic mass is 10.2. The lowest BCUT2D eigenvalue weighted by molar-refractivity contribution is 0.101. The number of hydrogen-bond acceptors (Lipinski definition) is 4. The number of nitrogens with one attached hydrogen (secondary N) is 1. The molecular weight excluding hydrogens is 359 g/mol. The van der Waals surface area contributed by atoms with Gasteiger partial charge in [-0.1, -0.05) is 30.3 Å². The highest BCUT2D eigenvalue weighted by Gasteiger charge is 2.17. The number of carbonyl (C=O) groups excluding carboxylic acids is 1. The molecule has 0 aliphatic carbocycles. The average molecular weight is 374 g/mol. The molecule has 0 atom stereocenters. The van der Waals surface area contributed by atoms with Crippen molar-refractivity contribution in [2.75, 3.05) is 5.32 Å². The van der Waals surface area contributed by atoms with Crippen molar-refractivity contribution in [3.8, 4) is 5.69 Å². The Balaban J connectivity index is 1.71. The van der Waals surface area contributed by atoms with Crippen LogP contribution in [-0.4, -0.2) is 20.7 Å². The van der Waals surface area contributed by atoms with Crippen LogP contribution in [0, 0.1) is 12.7 Å². The predicted molar refractivity (Wildman–Crippen MR) is 104 cm³/mol. The summed E-state index contributed by atoms with van der Waals surface area (Å²) in [4.78, 5) is 29.3. The van der Waals surface area contributed by atoms with E-state index in [1.54, 1.807) is 25.1 Å². The summed E-state index contributed by atoms with van der Waals surface area (Å²) in [7, 11) is 0. The number of hydrogen-bond donors (Lipinski definition) is 1. The molecule has 4 rings (SSSR count). The summed E-state index contributed by atoms with van der Waals surface area (Å²) in [5.74, 6) is -0.926. The van der Waals surface area contributed by atoms with Gasteiger partial charge in [-0.15, -0.1) is 0 Å². The summed E-state index contributed by atoms with van der Waals surface area (Å²) in [6.45, 7) is 1.62. The van der Waals surface area contributed by atoms with Gasteiger partial charge in [0.05, 0.1) is 5.52 Å². The molecule has 0 radical (unpaired) electrons. The molecule has 0 aliphatic rings. The maximum absolute atomic E-state index is 14.1. The Morgan fingerprint density at radius 3 is 2.61 bits per heavy atom. The number of rotatable bonds is 3. The van der Waals surface area contributed by atoms with Gasteiger partial charge in [0.1, 0.15) is 17.3 Å². The molecule has 0 spiro atoms. The normalized spacial score (nSPS) is 10.8. The highest BCUT2D eigenvalue weighted by atomic mass is 19.1. The van der Waals surface area contributed by atoms with Crippen molar-refractivity contribution in [3.63, 3.8) is 0 Å². The summed E-state index contributed by atoms with van der Waals surface area (Å²) in [6.07, 6.45) is 0. The monoisotopic (exact) mass is 374 g/mol. The fourth-order valence-corrected chi connectivity index (χ4v) is 2.88. The molecular formula is C21H15FN4O2. The van der Waals surface area contributed by atoms with E-state index in [2.05, 4.69) is 15.4 Å². The largest absolute Gasteiger partial charge is 0.305 e. The van der Waals surface area contributed by atoms with Crippen LogP contribution < -0.4 is 10.7 Å². The number of benzene rings is 2. The number of amides is 1. The maximum Gasteiger partial charge on any atom is 0.281 e. The number of para-hydroxylation sites is 2. The average Bonchev–Trinajstić information content (AvgIpc) is 2.69. The molecule has 0 bridgehead atoms. The Bertz CT molecular complexity index is 1270. The highest BCUT2D eigenvalue weighted by Crippen LogP contribution is 2.16. The molecule has 0 saturated carbocycles. The Morgan fingerprint density at radius 1 is 1.04 bits per heavy atom. The Labute approximate surface area is 159 Å². The summed E-state index contributed by atoms with van der Waals surface area (Å²) >= 11 is 0. The van der Waals surface area contributed by atoms with Crippen LogP contribution in [0.2, 0.25) is 0 Å². The molecule has 1 N–H and O–H groups in total. The van der Waals surface area contributed by atoms with Crippen LogP contribution in [-0.2, 0) is 0 Å². The van der Waals surface area contributed by atoms with Gasteiger partial charge in [-0.3, -0.25) is 9.59 Å². The molecule has 7 heteroatoms. The number of aryl methyl sites for hydroxylation is 1. The minimum Gasteiger partial charge on any atom is -0.305 e. The standard InChI is InChI=1S/C21H15FN4O2/c1-13-12-18(27)20(25-26(13)17-9-5-3-7-15(17)22)21(28)24-19-11-10-14-6-2-4-8-16(14)23-19/h2-12H,1H3,(H,23,24,28). The lowest BCUT2D eigenvalue weighted by Gasteiger charge is -2.12. The van der Waals surface area contributed by atoms with Crippen molar-refractivity contribution in [3.05, 3.63) is 94.2 Å². The van der Waals surface area contributed by atoms with E-state index in [0.717, 1.165) is 5.39 Å². The fraction of sp³-hybridized carbons (Fsp3) is 0.0476. The second-order valence-electron chi connectivity index (χ2n) is 6.21. The first-order valence-corrected chi connectivity index (χ1v) is 8.56. The maximum atomic E-state index is 14.1. The van der Waals surface area contributed by atoms with E-state index in [4.69, 9.17) is 0 Å². The van der Waals surface area contributed by atoms with Gasteiger partial charge < -0.3 is 5.32 Å². The number of halogens is 1. The quantitative estimate of drug-likeness (QED) is 0.596. The minimum absolute atomic E-state index is 0.151. The SMILES string of the molecule is Cc1cc(=O)c(C(=O)Nc2ccc3ccccc3n2)nn1-c1ccccc1F. The zero-order chi connectivity index (χ0) is 19.7. The third-order valence-corrected chi connectivity index (χ3v) is 4.24. The fourth-order valence-electron chi connectivity index (χ4n) is 2.88. The van der Waals surface area contributed by atoms with E-state index in [9.17, 15) is 14.0 Å². The summed E-state index contributed by atoms with van der Waals surface area (Å²) in [6, 6.07) is 18.2. The second-order valence-corrected chi connectivity index (χ2v) is 6.21. The van der Waals surface area contributed by atoms with E-state index in [1.807, 2.05) is 30.3 Å². The third kappa shape index (κ3) is 3.25. The van der Waals surface area contributed by atoms with Gasteiger partial charge in [-0.05, 0) is 37.3 Å². The summed E-state index contributed by atoms with van der Waals surface area (Å²) in [5.41, 5.74) is 0.376. The van der Waals surface area contributed by atoms with Gasteiger partial charge in [0.25, 0.3) is 5.91 Å². The van der Waals surface area contributed by atoms with E-state index >= 15 is 0 Å². The molecule has 0 aliphatic heterocycles. The molecule has 0 unspecified atom stereocenters. The molecule has 2 aromatic carbocycles. The molecule has 1 amide bonds. The molecule has 138 valence electrons. The van der Waals surface area contributed by atoms with Gasteiger partial charge >= 0.3 is 0 Å². The van der Waals surface area contributed by atoms with Crippen molar-refractivity contribution >= 4 is 22.6 Å². The number of carbonyl (C=O) groups is 1. The van der Waals surface area contributed by atoms with Crippen LogP contribution in [0.5, 0.6) is 0 Å². The van der Waals surface area contributed by atoms with Crippen LogP contribution in [0.4, 0.5) is 10.2 Å². The number of anilines is 1. The Morgan fingerprint density at radius 2 is 1.79 bits per heavy atom. The van der Waals surface area contributed by atoms with Crippen molar-refractivity contribution in [1.29, 1.82) is 0 Å². The van der Waals surface area contributed by atoms with Crippen molar-refractivity contribution in [2.24, 2.45) is 0 Å². The number of fused-ring (bicyclic) bond motifs is 1. The van der Waals surface area contributed by atoms with Crippen LogP contribution in [0.3, 0.4) is 0 Å². The van der Waals surface area contributed by atoms with Gasteiger partial charge in [0.2, 0.25) is 5.43 Å². The van der Waals surface area contributed by atoms with Gasteiger partial charge in [0, 0.05) is 17.1 Å². The van der Waals surface area contributed by atoms with Crippen molar-refractivity contribution in [1.82, 2.24) is 14.8 Å². The summed E-state index contributed by atoms with van der Waals surface area (Å²) < 4.78 is 15.4. The van der Waals surface area contributed by atoms with E-state index in [0.29, 0.717) is 17.0 Å². The van der Waals surface area contributed by atoms with Crippen molar-refractivity contribution in [2.45, 2.75) is 6.92 Å². The first-order chi connectivity index (χ1) is 13.5. The van der Waals surface area contributed by atoms with Gasteiger partial charge in [0.15, 0.2) is 5.69 Å². The topological polar surface area (TPSA) is 76.9 Å². The smallest absolute Gasteiger partial charge is 0.281 e. The number of nitrogens with zero attached hydrogens (tertiary/aromatic N) is 3. The van der Waals surface area contributed by atoms with Crippen LogP contribution >= 0.6 is 0 Å². The third-order valence-electron chi connectivity index (χ3n) is 4.24. The minimum atomic E-state index is -0.710. The molecule has 0 saturated heterocycles. The molecule has 28 heavy (non-hydrogen) atoms.